The van der Waals surface area contributed by atoms with Crippen LogP contribution >= 0.6 is 0 Å². The van der Waals surface area contributed by atoms with Crippen molar-refractivity contribution in [2.75, 3.05) is 0 Å². The fourth-order valence-electron chi connectivity index (χ4n) is 6.97. The van der Waals surface area contributed by atoms with Gasteiger partial charge in [0.2, 0.25) is 0 Å². The number of halogens is 6. The monoisotopic (exact) mass is 508 g/mol. The van der Waals surface area contributed by atoms with Crippen molar-refractivity contribution in [1.29, 1.82) is 0 Å². The highest BCUT2D eigenvalue weighted by atomic mass is 19.4. The van der Waals surface area contributed by atoms with Crippen molar-refractivity contribution in [3.63, 3.8) is 0 Å². The van der Waals surface area contributed by atoms with E-state index in [1.807, 2.05) is 6.92 Å². The molecular formula is C27H38F6O2. The smallest absolute Gasteiger partial charge is 0.388 e. The van der Waals surface area contributed by atoms with Crippen LogP contribution in [0.3, 0.4) is 0 Å². The summed E-state index contributed by atoms with van der Waals surface area (Å²) in [6, 6.07) is 0. The number of aliphatic hydroxyl groups is 2. The molecule has 2 N–H and O–H groups in total. The van der Waals surface area contributed by atoms with E-state index in [2.05, 4.69) is 25.7 Å². The molecule has 200 valence electrons. The maximum atomic E-state index is 13.0. The summed E-state index contributed by atoms with van der Waals surface area (Å²) in [6.07, 6.45) is -1.89. The van der Waals surface area contributed by atoms with E-state index in [4.69, 9.17) is 0 Å². The van der Waals surface area contributed by atoms with E-state index >= 15 is 0 Å². The molecule has 2 unspecified atom stereocenters. The first kappa shape index (κ1) is 28.3. The van der Waals surface area contributed by atoms with Crippen molar-refractivity contribution in [3.05, 3.63) is 35.5 Å². The van der Waals surface area contributed by atoms with E-state index < -0.39 is 30.5 Å². The molecule has 3 rings (SSSR count). The first-order valence-electron chi connectivity index (χ1n) is 12.7. The summed E-state index contributed by atoms with van der Waals surface area (Å²) in [4.78, 5) is 0. The van der Waals surface area contributed by atoms with Crippen LogP contribution in [0.25, 0.3) is 0 Å². The van der Waals surface area contributed by atoms with Gasteiger partial charge in [-0.25, -0.2) is 0 Å². The number of allylic oxidation sites excluding steroid dienone is 3. The maximum absolute atomic E-state index is 13.0. The van der Waals surface area contributed by atoms with Crippen LogP contribution in [-0.2, 0) is 0 Å². The van der Waals surface area contributed by atoms with Gasteiger partial charge < -0.3 is 10.2 Å². The third kappa shape index (κ3) is 5.53. The maximum Gasteiger partial charge on any atom is 0.426 e. The molecule has 3 fully saturated rings. The van der Waals surface area contributed by atoms with Gasteiger partial charge in [-0.2, -0.15) is 26.3 Å². The fourth-order valence-corrected chi connectivity index (χ4v) is 6.97. The first-order valence-corrected chi connectivity index (χ1v) is 12.7. The van der Waals surface area contributed by atoms with Crippen molar-refractivity contribution < 1.29 is 36.6 Å². The Balaban J connectivity index is 1.68. The minimum absolute atomic E-state index is 0.0401. The molecule has 2 nitrogen and oxygen atoms in total. The first-order chi connectivity index (χ1) is 16.1. The van der Waals surface area contributed by atoms with Crippen molar-refractivity contribution >= 4 is 0 Å². The number of alkyl halides is 6. The van der Waals surface area contributed by atoms with Gasteiger partial charge in [-0.1, -0.05) is 44.6 Å². The zero-order valence-electron chi connectivity index (χ0n) is 20.6. The Morgan fingerprint density at radius 2 is 1.69 bits per heavy atom. The highest BCUT2D eigenvalue weighted by molar-refractivity contribution is 5.37. The minimum Gasteiger partial charge on any atom is -0.388 e. The van der Waals surface area contributed by atoms with E-state index in [-0.39, 0.29) is 30.1 Å². The van der Waals surface area contributed by atoms with Crippen LogP contribution in [0.4, 0.5) is 26.3 Å². The van der Waals surface area contributed by atoms with E-state index in [1.165, 1.54) is 5.57 Å². The molecular weight excluding hydrogens is 470 g/mol. The third-order valence-corrected chi connectivity index (χ3v) is 9.10. The Bertz CT molecular complexity index is 826. The highest BCUT2D eigenvalue weighted by Crippen LogP contribution is 2.60. The molecule has 5 atom stereocenters. The molecule has 0 aromatic rings. The Morgan fingerprint density at radius 1 is 1.03 bits per heavy atom. The topological polar surface area (TPSA) is 40.5 Å². The molecule has 0 aliphatic heterocycles. The van der Waals surface area contributed by atoms with Crippen LogP contribution < -0.4 is 0 Å². The molecule has 3 aliphatic rings. The van der Waals surface area contributed by atoms with Crippen LogP contribution in [0.1, 0.15) is 84.5 Å². The molecule has 0 amide bonds. The lowest BCUT2D eigenvalue weighted by Gasteiger charge is -2.44. The largest absolute Gasteiger partial charge is 0.426 e. The number of hydrogen-bond acceptors (Lipinski definition) is 2. The van der Waals surface area contributed by atoms with Gasteiger partial charge in [-0.05, 0) is 98.5 Å². The summed E-state index contributed by atoms with van der Waals surface area (Å²) in [5.41, 5.74) is -1.50. The van der Waals surface area contributed by atoms with Gasteiger partial charge in [0.15, 0.2) is 0 Å². The molecule has 0 aromatic heterocycles. The quantitative estimate of drug-likeness (QED) is 0.359. The number of rotatable bonds is 6. The summed E-state index contributed by atoms with van der Waals surface area (Å²) in [5, 5.41) is 19.5. The lowest BCUT2D eigenvalue weighted by atomic mass is 9.60. The van der Waals surface area contributed by atoms with Crippen molar-refractivity contribution in [2.45, 2.75) is 109 Å². The van der Waals surface area contributed by atoms with Gasteiger partial charge in [-0.3, -0.25) is 0 Å². The molecule has 0 heterocycles. The SMILES string of the molecule is C=C1/C(=C\C=C2/CCC[C@]3(C)C([C@H](C)CCCC(O)(C(F)(F)F)C(F)(F)F)CC[C@@H]23)CCCC1O. The fraction of sp³-hybridized carbons (Fsp3) is 0.778. The number of aliphatic hydroxyl groups excluding tert-OH is 1. The van der Waals surface area contributed by atoms with Crippen molar-refractivity contribution in [1.82, 2.24) is 0 Å². The van der Waals surface area contributed by atoms with Crippen molar-refractivity contribution in [3.8, 4) is 0 Å². The van der Waals surface area contributed by atoms with Crippen molar-refractivity contribution in [2.24, 2.45) is 23.2 Å². The van der Waals surface area contributed by atoms with Gasteiger partial charge in [0, 0.05) is 0 Å². The predicted molar refractivity (Wildman–Crippen MR) is 123 cm³/mol. The summed E-state index contributed by atoms with van der Waals surface area (Å²) >= 11 is 0. The van der Waals surface area contributed by atoms with Crippen LogP contribution in [0.2, 0.25) is 0 Å². The van der Waals surface area contributed by atoms with E-state index in [1.54, 1.807) is 0 Å². The molecule has 35 heavy (non-hydrogen) atoms. The second-order valence-electron chi connectivity index (χ2n) is 11.2. The number of fused-ring (bicyclic) bond motifs is 1. The van der Waals surface area contributed by atoms with Gasteiger partial charge in [0.1, 0.15) is 0 Å². The van der Waals surface area contributed by atoms with E-state index in [0.29, 0.717) is 5.92 Å². The van der Waals surface area contributed by atoms with E-state index in [9.17, 15) is 36.6 Å². The Labute approximate surface area is 204 Å². The van der Waals surface area contributed by atoms with Gasteiger partial charge in [-0.15, -0.1) is 0 Å². The second-order valence-corrected chi connectivity index (χ2v) is 11.2. The summed E-state index contributed by atoms with van der Waals surface area (Å²) in [7, 11) is 0. The molecule has 0 saturated heterocycles. The minimum atomic E-state index is -5.75. The number of hydrogen-bond donors (Lipinski definition) is 2. The van der Waals surface area contributed by atoms with Gasteiger partial charge in [0.05, 0.1) is 6.10 Å². The summed E-state index contributed by atoms with van der Waals surface area (Å²) < 4.78 is 78.0. The Hall–Kier alpha value is -1.28. The molecule has 0 radical (unpaired) electrons. The standard InChI is InChI=1S/C27H38F6O2/c1-17(7-5-16-25(35,26(28,29)30)27(31,32)33)21-13-14-22-20(9-6-15-24(21,22)3)12-11-19-8-4-10-23(34)18(19)2/h11-12,17,21-23,34-35H,2,4-10,13-16H2,1,3H3/b19-11-,20-12+/t17-,21?,22+,23?,24-/m1/s1. The predicted octanol–water partition coefficient (Wildman–Crippen LogP) is 7.82. The molecule has 0 spiro atoms. The summed E-state index contributed by atoms with van der Waals surface area (Å²) in [6.45, 7) is 8.17. The Kier molecular flexibility index (Phi) is 8.27. The second kappa shape index (κ2) is 10.2. The third-order valence-electron chi connectivity index (χ3n) is 9.10. The lowest BCUT2D eigenvalue weighted by Crippen LogP contribution is -2.56. The van der Waals surface area contributed by atoms with Crippen LogP contribution in [0, 0.1) is 23.2 Å². The molecule has 0 aromatic carbocycles. The zero-order valence-corrected chi connectivity index (χ0v) is 20.6. The Morgan fingerprint density at radius 3 is 2.31 bits per heavy atom. The van der Waals surface area contributed by atoms with Crippen LogP contribution in [0.5, 0.6) is 0 Å². The van der Waals surface area contributed by atoms with Gasteiger partial charge >= 0.3 is 12.4 Å². The average Bonchev–Trinajstić information content (AvgIpc) is 3.10. The molecule has 3 aliphatic carbocycles. The molecule has 8 heteroatoms. The van der Waals surface area contributed by atoms with Gasteiger partial charge in [0.25, 0.3) is 5.60 Å². The van der Waals surface area contributed by atoms with Crippen LogP contribution in [0.15, 0.2) is 35.5 Å². The molecule has 3 saturated carbocycles. The molecule has 0 bridgehead atoms. The zero-order chi connectivity index (χ0) is 26.2. The van der Waals surface area contributed by atoms with E-state index in [0.717, 1.165) is 62.5 Å². The summed E-state index contributed by atoms with van der Waals surface area (Å²) in [5.74, 6) is 0.506. The normalized spacial score (nSPS) is 33.9. The highest BCUT2D eigenvalue weighted by Gasteiger charge is 2.69. The average molecular weight is 509 g/mol. The lowest BCUT2D eigenvalue weighted by molar-refractivity contribution is -0.370. The van der Waals surface area contributed by atoms with Crippen LogP contribution in [-0.4, -0.2) is 34.3 Å².